The van der Waals surface area contributed by atoms with Gasteiger partial charge >= 0.3 is 0 Å². The van der Waals surface area contributed by atoms with Gasteiger partial charge in [-0.2, -0.15) is 0 Å². The van der Waals surface area contributed by atoms with E-state index in [2.05, 4.69) is 307 Å². The molecule has 0 fully saturated rings. The van der Waals surface area contributed by atoms with E-state index >= 15 is 0 Å². The Labute approximate surface area is 555 Å². The minimum atomic E-state index is -0.125. The van der Waals surface area contributed by atoms with Crippen LogP contribution < -0.4 is 32.8 Å². The number of aryl methyl sites for hydroxylation is 12. The summed E-state index contributed by atoms with van der Waals surface area (Å²) in [6.45, 7) is 43.3. The molecule has 90 heavy (non-hydrogen) atoms. The number of aliphatic hydroxyl groups excluding tert-OH is 1. The molecule has 0 saturated carbocycles. The molecule has 0 spiro atoms. The first-order valence-corrected chi connectivity index (χ1v) is 31.4. The van der Waals surface area contributed by atoms with E-state index in [0.29, 0.717) is 0 Å². The van der Waals surface area contributed by atoms with Crippen LogP contribution in [0.1, 0.15) is 133 Å². The smallest absolute Gasteiger partial charge is 0.244 e. The van der Waals surface area contributed by atoms with Crippen LogP contribution in [0.15, 0.2) is 188 Å². The van der Waals surface area contributed by atoms with Gasteiger partial charge in [-0.15, -0.1) is 29.8 Å². The molecule has 7 heteroatoms. The van der Waals surface area contributed by atoms with E-state index in [1.165, 1.54) is 153 Å². The van der Waals surface area contributed by atoms with Crippen LogP contribution in [0.5, 0.6) is 0 Å². The van der Waals surface area contributed by atoms with E-state index in [1.807, 2.05) is 0 Å². The molecule has 462 valence electrons. The molecular formula is C83H91B2N2O2Pt-. The van der Waals surface area contributed by atoms with Gasteiger partial charge in [-0.05, 0) is 142 Å². The fraction of sp³-hybridized carbons (Fsp3) is 0.265. The molecule has 0 atom stereocenters. The van der Waals surface area contributed by atoms with E-state index in [-0.39, 0.29) is 56.9 Å². The molecule has 1 N–H and O–H groups in total. The van der Waals surface area contributed by atoms with Gasteiger partial charge in [0.05, 0.1) is 11.5 Å². The third-order valence-electron chi connectivity index (χ3n) is 17.2. The van der Waals surface area contributed by atoms with Crippen LogP contribution in [-0.2, 0) is 36.7 Å². The molecular weight excluding hydrogens is 1270 g/mol. The minimum Gasteiger partial charge on any atom is -0.512 e. The van der Waals surface area contributed by atoms with Gasteiger partial charge in [0.2, 0.25) is 13.4 Å². The molecule has 0 aliphatic heterocycles. The van der Waals surface area contributed by atoms with Crippen LogP contribution in [0.25, 0.3) is 44.8 Å². The predicted octanol–water partition coefficient (Wildman–Crippen LogP) is 17.0. The molecule has 10 rings (SSSR count). The standard InChI is InChI=1S/C39H42BN.C39H41BN.C5H8O2.Pt/c2*1-25-20-27(3)37(28(4)21-25)40(38-29(5)22-26(2)23-30(38)6)35-18-19-36(41-24-35)33-12-10-31(11-13-33)32-14-16-34(17-15-32)39(7,8)9;1-4(6)3-5(2)7;/h10-24H,1-9H3;10-12,14-24H,1-9H3;3,6H,1-2H3;/q;-1;;. The largest absolute Gasteiger partial charge is 0.512 e. The average molecular weight is 1370 g/mol. The van der Waals surface area contributed by atoms with Crippen molar-refractivity contribution in [2.24, 2.45) is 0 Å². The second-order valence-corrected chi connectivity index (χ2v) is 27.2. The predicted molar refractivity (Wildman–Crippen MR) is 385 cm³/mol. The summed E-state index contributed by atoms with van der Waals surface area (Å²) in [5.74, 6) is -0.0625. The number of carbonyl (C=O) groups excluding carboxylic acids is 1. The van der Waals surface area contributed by atoms with Gasteiger partial charge in [0.1, 0.15) is 0 Å². The second-order valence-electron chi connectivity index (χ2n) is 27.2. The van der Waals surface area contributed by atoms with Crippen LogP contribution in [0.3, 0.4) is 0 Å². The number of ketones is 1. The van der Waals surface area contributed by atoms with Gasteiger partial charge in [0, 0.05) is 45.1 Å². The quantitative estimate of drug-likeness (QED) is 0.0607. The zero-order valence-electron chi connectivity index (χ0n) is 57.0. The summed E-state index contributed by atoms with van der Waals surface area (Å²) < 4.78 is 0. The molecule has 4 nitrogen and oxygen atoms in total. The normalized spacial score (nSPS) is 11.4. The Balaban J connectivity index is 0.000000229. The topological polar surface area (TPSA) is 63.1 Å². The first-order chi connectivity index (χ1) is 42.0. The number of pyridine rings is 2. The number of allylic oxidation sites excluding steroid dienone is 2. The van der Waals surface area contributed by atoms with Crippen LogP contribution >= 0.6 is 0 Å². The van der Waals surface area contributed by atoms with Gasteiger partial charge in [-0.1, -0.05) is 292 Å². The Hall–Kier alpha value is -7.91. The van der Waals surface area contributed by atoms with Gasteiger partial charge in [0.15, 0.2) is 5.78 Å². The maximum Gasteiger partial charge on any atom is 0.244 e. The van der Waals surface area contributed by atoms with Gasteiger partial charge < -0.3 is 10.1 Å². The van der Waals surface area contributed by atoms with Crippen molar-refractivity contribution < 1.29 is 31.0 Å². The fourth-order valence-corrected chi connectivity index (χ4v) is 13.2. The number of benzene rings is 8. The molecule has 10 aromatic rings. The van der Waals surface area contributed by atoms with Crippen molar-refractivity contribution in [3.05, 3.63) is 272 Å². The Bertz CT molecular complexity index is 3700. The number of rotatable bonds is 11. The van der Waals surface area contributed by atoms with Crippen LogP contribution in [0.4, 0.5) is 0 Å². The first kappa shape index (κ1) is 69.6. The van der Waals surface area contributed by atoms with Crippen LogP contribution in [-0.4, -0.2) is 34.3 Å². The minimum absolute atomic E-state index is 0. The Morgan fingerprint density at radius 3 is 0.944 bits per heavy atom. The number of aromatic nitrogens is 2. The average Bonchev–Trinajstić information content (AvgIpc) is 0.876. The molecule has 0 amide bonds. The van der Waals surface area contributed by atoms with E-state index in [9.17, 15) is 4.79 Å². The Morgan fingerprint density at radius 2 is 0.689 bits per heavy atom. The zero-order chi connectivity index (χ0) is 64.8. The van der Waals surface area contributed by atoms with Crippen molar-refractivity contribution >= 4 is 52.0 Å². The molecule has 2 aromatic heterocycles. The summed E-state index contributed by atoms with van der Waals surface area (Å²) >= 11 is 0. The Kier molecular flexibility index (Phi) is 22.7. The van der Waals surface area contributed by atoms with E-state index in [0.717, 1.165) is 22.5 Å². The molecule has 8 aromatic carbocycles. The van der Waals surface area contributed by atoms with E-state index < -0.39 is 0 Å². The van der Waals surface area contributed by atoms with Crippen molar-refractivity contribution in [3.8, 4) is 44.8 Å². The van der Waals surface area contributed by atoms with Crippen molar-refractivity contribution in [1.29, 1.82) is 0 Å². The maximum absolute atomic E-state index is 10.0. The van der Waals surface area contributed by atoms with Crippen LogP contribution in [0, 0.1) is 89.2 Å². The zero-order valence-corrected chi connectivity index (χ0v) is 59.3. The molecule has 0 bridgehead atoms. The molecule has 0 radical (unpaired) electrons. The number of hydrogen-bond donors (Lipinski definition) is 1. The summed E-state index contributed by atoms with van der Waals surface area (Å²) in [7, 11) is 0. The number of aliphatic hydroxyl groups is 1. The maximum atomic E-state index is 10.0. The van der Waals surface area contributed by atoms with Crippen LogP contribution in [0.2, 0.25) is 0 Å². The SMILES string of the molecule is CC(=O)C=C(C)O.Cc1cc(C)c(B(c2ccc(-c3[c-]cc(-c4ccc(C(C)(C)C)cc4)cc3)nc2)c2c(C)cc(C)cc2C)c(C)c1.Cc1cc(C)c(B(c2ccc(-c3ccc(-c4ccc(C(C)(C)C)cc4)cc3)nc2)c2c(C)cc(C)cc2C)c(C)c1.[Pt]. The van der Waals surface area contributed by atoms with E-state index in [1.54, 1.807) is 0 Å². The van der Waals surface area contributed by atoms with E-state index in [4.69, 9.17) is 15.1 Å². The molecule has 0 aliphatic rings. The molecule has 0 saturated heterocycles. The summed E-state index contributed by atoms with van der Waals surface area (Å²) in [6, 6.07) is 63.9. The fourth-order valence-electron chi connectivity index (χ4n) is 13.2. The van der Waals surface area contributed by atoms with Gasteiger partial charge in [-0.25, -0.2) is 0 Å². The summed E-state index contributed by atoms with van der Waals surface area (Å²) in [4.78, 5) is 20.0. The molecule has 0 unspecified atom stereocenters. The molecule has 0 aliphatic carbocycles. The summed E-state index contributed by atoms with van der Waals surface area (Å²) in [5.41, 5.74) is 35.8. The summed E-state index contributed by atoms with van der Waals surface area (Å²) in [5, 5.41) is 8.36. The van der Waals surface area contributed by atoms with Crippen molar-refractivity contribution in [2.75, 3.05) is 0 Å². The third kappa shape index (κ3) is 16.9. The second kappa shape index (κ2) is 29.4. The van der Waals surface area contributed by atoms with Crippen molar-refractivity contribution in [2.45, 2.75) is 149 Å². The van der Waals surface area contributed by atoms with Gasteiger partial charge in [-0.3, -0.25) is 9.78 Å². The first-order valence-electron chi connectivity index (χ1n) is 31.4. The van der Waals surface area contributed by atoms with Gasteiger partial charge in [0.25, 0.3) is 0 Å². The monoisotopic (exact) mass is 1360 g/mol. The molecule has 2 heterocycles. The summed E-state index contributed by atoms with van der Waals surface area (Å²) in [6.07, 6.45) is 5.33. The number of carbonyl (C=O) groups is 1. The Morgan fingerprint density at radius 1 is 0.400 bits per heavy atom. The van der Waals surface area contributed by atoms with Crippen molar-refractivity contribution in [1.82, 2.24) is 9.97 Å². The number of hydrogen-bond acceptors (Lipinski definition) is 4. The van der Waals surface area contributed by atoms with Crippen molar-refractivity contribution in [3.63, 3.8) is 0 Å². The number of nitrogens with zero attached hydrogens (tertiary/aromatic N) is 2. The third-order valence-corrected chi connectivity index (χ3v) is 17.2.